The summed E-state index contributed by atoms with van der Waals surface area (Å²) in [5.74, 6) is -5.44. The van der Waals surface area contributed by atoms with Gasteiger partial charge in [0.2, 0.25) is 17.1 Å². The molecule has 1 atom stereocenters. The Bertz CT molecular complexity index is 1000. The van der Waals surface area contributed by atoms with Crippen molar-refractivity contribution in [2.24, 2.45) is 0 Å². The van der Waals surface area contributed by atoms with Crippen LogP contribution in [0.2, 0.25) is 0 Å². The van der Waals surface area contributed by atoms with Crippen LogP contribution in [0.5, 0.6) is 5.75 Å². The fourth-order valence-corrected chi connectivity index (χ4v) is 2.83. The van der Waals surface area contributed by atoms with Gasteiger partial charge in [0.05, 0.1) is 17.6 Å². The lowest BCUT2D eigenvalue weighted by molar-refractivity contribution is -0.386. The first-order valence-electron chi connectivity index (χ1n) is 7.43. The van der Waals surface area contributed by atoms with Crippen molar-refractivity contribution in [3.63, 3.8) is 0 Å². The van der Waals surface area contributed by atoms with E-state index in [0.717, 1.165) is 10.8 Å². The number of nitro groups is 1. The largest absolute Gasteiger partial charge is 0.486 e. The molecule has 1 aliphatic heterocycles. The van der Waals surface area contributed by atoms with Gasteiger partial charge in [-0.2, -0.15) is 8.78 Å². The molecule has 1 aromatic carbocycles. The van der Waals surface area contributed by atoms with Crippen LogP contribution in [0.4, 0.5) is 18.9 Å². The highest BCUT2D eigenvalue weighted by Gasteiger charge is 2.37. The lowest BCUT2D eigenvalue weighted by Crippen LogP contribution is -2.30. The molecule has 0 bridgehead atoms. The van der Waals surface area contributed by atoms with Crippen LogP contribution < -0.4 is 10.2 Å². The first kappa shape index (κ1) is 17.7. The Hall–Kier alpha value is -3.11. The van der Waals surface area contributed by atoms with E-state index in [1.807, 2.05) is 0 Å². The maximum Gasteiger partial charge on any atom is 0.343 e. The second kappa shape index (κ2) is 6.32. The molecule has 1 unspecified atom stereocenters. The number of carbonyl (C=O) groups is 1. The number of esters is 1. The number of rotatable bonds is 4. The zero-order valence-corrected chi connectivity index (χ0v) is 13.3. The molecule has 0 radical (unpaired) electrons. The van der Waals surface area contributed by atoms with Crippen molar-refractivity contribution < 1.29 is 32.4 Å². The minimum Gasteiger partial charge on any atom is -0.486 e. The summed E-state index contributed by atoms with van der Waals surface area (Å²) >= 11 is 0. The lowest BCUT2D eigenvalue weighted by atomic mass is 10.1. The van der Waals surface area contributed by atoms with Crippen LogP contribution in [0, 0.1) is 21.7 Å². The van der Waals surface area contributed by atoms with E-state index in [1.165, 1.54) is 6.92 Å². The van der Waals surface area contributed by atoms with Crippen LogP contribution in [0.3, 0.4) is 0 Å². The summed E-state index contributed by atoms with van der Waals surface area (Å²) < 4.78 is 52.4. The molecule has 26 heavy (non-hydrogen) atoms. The summed E-state index contributed by atoms with van der Waals surface area (Å²) in [7, 11) is 0. The number of ether oxygens (including phenoxy) is 2. The van der Waals surface area contributed by atoms with Crippen molar-refractivity contribution >= 4 is 22.6 Å². The molecule has 1 aliphatic rings. The van der Waals surface area contributed by atoms with Crippen LogP contribution in [0.1, 0.15) is 23.3 Å². The van der Waals surface area contributed by atoms with Crippen molar-refractivity contribution in [1.82, 2.24) is 4.57 Å². The van der Waals surface area contributed by atoms with Gasteiger partial charge in [0.15, 0.2) is 5.75 Å². The van der Waals surface area contributed by atoms with E-state index in [0.29, 0.717) is 0 Å². The number of nitro benzene ring substituents is 1. The van der Waals surface area contributed by atoms with E-state index in [1.54, 1.807) is 0 Å². The number of benzene rings is 1. The number of pyridine rings is 1. The molecule has 0 saturated carbocycles. The second-order valence-electron chi connectivity index (χ2n) is 5.41. The van der Waals surface area contributed by atoms with Gasteiger partial charge >= 0.3 is 11.7 Å². The number of halogens is 3. The highest BCUT2D eigenvalue weighted by Crippen LogP contribution is 2.40. The summed E-state index contributed by atoms with van der Waals surface area (Å²) in [6, 6.07) is -1.09. The summed E-state index contributed by atoms with van der Waals surface area (Å²) in [6.07, 6.45) is 0.917. The molecule has 3 rings (SSSR count). The van der Waals surface area contributed by atoms with Crippen LogP contribution in [-0.4, -0.2) is 35.3 Å². The molecular weight excluding hydrogens is 361 g/mol. The summed E-state index contributed by atoms with van der Waals surface area (Å²) in [4.78, 5) is 34.6. The van der Waals surface area contributed by atoms with Crippen LogP contribution in [-0.2, 0) is 4.74 Å². The van der Waals surface area contributed by atoms with Gasteiger partial charge in [-0.3, -0.25) is 14.9 Å². The fraction of sp³-hybridized carbons (Fsp3) is 0.333. The maximum absolute atomic E-state index is 14.2. The summed E-state index contributed by atoms with van der Waals surface area (Å²) in [5.41, 5.74) is -3.82. The zero-order valence-electron chi connectivity index (χ0n) is 13.3. The van der Waals surface area contributed by atoms with Gasteiger partial charge in [0.1, 0.15) is 29.7 Å². The standard InChI is InChI=1S/C15H11F3N2O6/c1-2-25-15(22)7-4-19-6(3-16)5-26-14-10(18)9(17)11(20(23)24)8(12(14)19)13(7)21/h4,6H,2-3,5H2,1H3. The number of carbonyl (C=O) groups excluding carboxylic acids is 1. The topological polar surface area (TPSA) is 101 Å². The van der Waals surface area contributed by atoms with Gasteiger partial charge in [-0.25, -0.2) is 9.18 Å². The molecule has 0 spiro atoms. The van der Waals surface area contributed by atoms with Crippen LogP contribution >= 0.6 is 0 Å². The van der Waals surface area contributed by atoms with Gasteiger partial charge in [0.25, 0.3) is 0 Å². The van der Waals surface area contributed by atoms with E-state index in [-0.39, 0.29) is 6.61 Å². The minimum atomic E-state index is -1.90. The predicted octanol–water partition coefficient (Wildman–Crippen LogP) is 2.27. The summed E-state index contributed by atoms with van der Waals surface area (Å²) in [5, 5.41) is 10.4. The third kappa shape index (κ3) is 2.38. The minimum absolute atomic E-state index is 0.100. The Morgan fingerprint density at radius 1 is 1.46 bits per heavy atom. The number of hydrogen-bond donors (Lipinski definition) is 0. The van der Waals surface area contributed by atoms with Crippen LogP contribution in [0.25, 0.3) is 10.9 Å². The molecule has 8 nitrogen and oxygen atoms in total. The quantitative estimate of drug-likeness (QED) is 0.464. The molecular formula is C15H11F3N2O6. The first-order valence-corrected chi connectivity index (χ1v) is 7.43. The predicted molar refractivity (Wildman–Crippen MR) is 81.2 cm³/mol. The maximum atomic E-state index is 14.2. The highest BCUT2D eigenvalue weighted by atomic mass is 19.2. The van der Waals surface area contributed by atoms with E-state index in [4.69, 9.17) is 9.47 Å². The van der Waals surface area contributed by atoms with Crippen molar-refractivity contribution in [1.29, 1.82) is 0 Å². The highest BCUT2D eigenvalue weighted by molar-refractivity contribution is 5.99. The average Bonchev–Trinajstić information content (AvgIpc) is 2.60. The molecule has 0 N–H and O–H groups in total. The van der Waals surface area contributed by atoms with E-state index in [9.17, 15) is 32.9 Å². The van der Waals surface area contributed by atoms with Crippen molar-refractivity contribution in [3.05, 3.63) is 43.7 Å². The molecule has 1 aromatic heterocycles. The van der Waals surface area contributed by atoms with E-state index < -0.39 is 75.2 Å². The van der Waals surface area contributed by atoms with Crippen molar-refractivity contribution in [3.8, 4) is 5.75 Å². The zero-order chi connectivity index (χ0) is 19.2. The smallest absolute Gasteiger partial charge is 0.343 e. The molecule has 0 fully saturated rings. The molecule has 11 heteroatoms. The Balaban J connectivity index is 2.56. The van der Waals surface area contributed by atoms with Gasteiger partial charge in [-0.15, -0.1) is 0 Å². The Kier molecular flexibility index (Phi) is 4.30. The van der Waals surface area contributed by atoms with Gasteiger partial charge in [0, 0.05) is 6.20 Å². The third-order valence-corrected chi connectivity index (χ3v) is 3.96. The fourth-order valence-electron chi connectivity index (χ4n) is 2.83. The van der Waals surface area contributed by atoms with Gasteiger partial charge in [-0.1, -0.05) is 0 Å². The molecule has 2 aromatic rings. The van der Waals surface area contributed by atoms with Crippen LogP contribution in [0.15, 0.2) is 11.0 Å². The average molecular weight is 372 g/mol. The Morgan fingerprint density at radius 3 is 2.73 bits per heavy atom. The van der Waals surface area contributed by atoms with Gasteiger partial charge < -0.3 is 14.0 Å². The molecule has 2 heterocycles. The first-order chi connectivity index (χ1) is 12.3. The van der Waals surface area contributed by atoms with E-state index >= 15 is 0 Å². The Labute approximate surface area is 142 Å². The monoisotopic (exact) mass is 372 g/mol. The normalized spacial score (nSPS) is 15.6. The molecule has 0 amide bonds. The third-order valence-electron chi connectivity index (χ3n) is 3.96. The number of nitrogens with zero attached hydrogens (tertiary/aromatic N) is 2. The van der Waals surface area contributed by atoms with Crippen molar-refractivity contribution in [2.45, 2.75) is 13.0 Å². The number of alkyl halides is 1. The molecule has 0 aliphatic carbocycles. The number of aromatic nitrogens is 1. The second-order valence-corrected chi connectivity index (χ2v) is 5.41. The lowest BCUT2D eigenvalue weighted by Gasteiger charge is -2.27. The molecule has 0 saturated heterocycles. The Morgan fingerprint density at radius 2 is 2.15 bits per heavy atom. The summed E-state index contributed by atoms with van der Waals surface area (Å²) in [6.45, 7) is -0.0874. The van der Waals surface area contributed by atoms with Crippen molar-refractivity contribution in [2.75, 3.05) is 19.9 Å². The number of hydrogen-bond acceptors (Lipinski definition) is 6. The molecule has 138 valence electrons. The van der Waals surface area contributed by atoms with Gasteiger partial charge in [-0.05, 0) is 6.92 Å². The SMILES string of the molecule is CCOC(=O)c1cn2c3c(c(F)c(F)c([N+](=O)[O-])c3c1=O)OCC2CF. The van der Waals surface area contributed by atoms with E-state index in [2.05, 4.69) is 0 Å².